The zero-order valence-corrected chi connectivity index (χ0v) is 16.9. The lowest BCUT2D eigenvalue weighted by Crippen LogP contribution is -2.46. The van der Waals surface area contributed by atoms with E-state index in [4.69, 9.17) is 0 Å². The summed E-state index contributed by atoms with van der Waals surface area (Å²) in [6.07, 6.45) is 0. The second kappa shape index (κ2) is 9.41. The molecule has 1 heterocycles. The summed E-state index contributed by atoms with van der Waals surface area (Å²) in [6, 6.07) is 12.6. The minimum absolute atomic E-state index is 0.109. The van der Waals surface area contributed by atoms with Crippen molar-refractivity contribution < 1.29 is 32.7 Å². The van der Waals surface area contributed by atoms with Crippen molar-refractivity contribution in [3.63, 3.8) is 0 Å². The van der Waals surface area contributed by atoms with E-state index in [9.17, 15) is 28.0 Å². The Hall–Kier alpha value is -4.02. The summed E-state index contributed by atoms with van der Waals surface area (Å²) < 4.78 is 28.9. The largest absolute Gasteiger partial charge is 0.435 e. The van der Waals surface area contributed by atoms with Gasteiger partial charge in [0.25, 0.3) is 5.91 Å². The molecule has 1 aliphatic rings. The van der Waals surface area contributed by atoms with E-state index < -0.39 is 42.6 Å². The number of nitrogens with zero attached hydrogens (tertiary/aromatic N) is 1. The van der Waals surface area contributed by atoms with Crippen LogP contribution >= 0.6 is 0 Å². The van der Waals surface area contributed by atoms with E-state index in [-0.39, 0.29) is 12.3 Å². The molecule has 1 aliphatic heterocycles. The van der Waals surface area contributed by atoms with Gasteiger partial charge in [-0.1, -0.05) is 42.5 Å². The monoisotopic (exact) mass is 446 g/mol. The van der Waals surface area contributed by atoms with Crippen molar-refractivity contribution in [2.45, 2.75) is 25.6 Å². The molecule has 2 aromatic carbocycles. The topological polar surface area (TPSA) is 117 Å². The number of urea groups is 2. The smallest absolute Gasteiger partial charge is 0.387 e. The Morgan fingerprint density at radius 3 is 2.38 bits per heavy atom. The fourth-order valence-corrected chi connectivity index (χ4v) is 3.14. The van der Waals surface area contributed by atoms with Crippen LogP contribution in [0.3, 0.4) is 0 Å². The van der Waals surface area contributed by atoms with Gasteiger partial charge in [-0.25, -0.2) is 9.59 Å². The van der Waals surface area contributed by atoms with Crippen LogP contribution in [0.15, 0.2) is 54.6 Å². The molecule has 0 aliphatic carbocycles. The van der Waals surface area contributed by atoms with Crippen molar-refractivity contribution in [3.05, 3.63) is 65.7 Å². The summed E-state index contributed by atoms with van der Waals surface area (Å²) in [6.45, 7) is -2.07. The van der Waals surface area contributed by atoms with Gasteiger partial charge in [-0.15, -0.1) is 0 Å². The second-order valence-electron chi connectivity index (χ2n) is 7.07. The molecule has 0 aromatic heterocycles. The van der Waals surface area contributed by atoms with Gasteiger partial charge in [0, 0.05) is 6.54 Å². The van der Waals surface area contributed by atoms with Crippen LogP contribution in [0.2, 0.25) is 0 Å². The van der Waals surface area contributed by atoms with Gasteiger partial charge in [0.15, 0.2) is 0 Å². The number of amides is 6. The highest BCUT2D eigenvalue weighted by molar-refractivity contribution is 6.10. The van der Waals surface area contributed by atoms with Gasteiger partial charge in [0.2, 0.25) is 5.91 Å². The Morgan fingerprint density at radius 1 is 1.09 bits per heavy atom. The third-order valence-electron chi connectivity index (χ3n) is 4.78. The number of hydrogen-bond acceptors (Lipinski definition) is 5. The number of benzene rings is 2. The van der Waals surface area contributed by atoms with Crippen LogP contribution in [-0.2, 0) is 21.7 Å². The molecule has 0 bridgehead atoms. The average molecular weight is 446 g/mol. The zero-order chi connectivity index (χ0) is 23.3. The molecule has 6 amide bonds. The number of nitrogens with one attached hydrogen (secondary N) is 3. The number of ether oxygens (including phenoxy) is 1. The quantitative estimate of drug-likeness (QED) is 0.563. The van der Waals surface area contributed by atoms with Gasteiger partial charge in [-0.3, -0.25) is 19.8 Å². The lowest BCUT2D eigenvalue weighted by atomic mass is 9.92. The maximum Gasteiger partial charge on any atom is 0.387 e. The number of imide groups is 2. The van der Waals surface area contributed by atoms with Crippen molar-refractivity contribution in [1.82, 2.24) is 20.9 Å². The van der Waals surface area contributed by atoms with Crippen molar-refractivity contribution >= 4 is 23.9 Å². The first-order valence-electron chi connectivity index (χ1n) is 9.50. The standard InChI is InChI=1S/C21H20F2N4O5/c1-21(14-7-9-15(10-8-14)32-18(22)23)17(29)27(20(31)26-21)12-16(28)25-19(30)24-11-13-5-3-2-4-6-13/h2-10,18H,11-12H2,1H3,(H,26,31)(H2,24,25,28,30). The fraction of sp³-hybridized carbons (Fsp3) is 0.238. The first-order chi connectivity index (χ1) is 15.2. The van der Waals surface area contributed by atoms with E-state index in [1.54, 1.807) is 24.3 Å². The maximum atomic E-state index is 12.8. The Morgan fingerprint density at radius 2 is 1.75 bits per heavy atom. The molecule has 9 nitrogen and oxygen atoms in total. The van der Waals surface area contributed by atoms with Crippen LogP contribution < -0.4 is 20.7 Å². The van der Waals surface area contributed by atoms with Gasteiger partial charge in [0.05, 0.1) is 0 Å². The van der Waals surface area contributed by atoms with E-state index in [1.807, 2.05) is 6.07 Å². The van der Waals surface area contributed by atoms with E-state index >= 15 is 0 Å². The molecule has 11 heteroatoms. The summed E-state index contributed by atoms with van der Waals surface area (Å²) >= 11 is 0. The van der Waals surface area contributed by atoms with Gasteiger partial charge < -0.3 is 15.4 Å². The molecule has 1 unspecified atom stereocenters. The summed E-state index contributed by atoms with van der Waals surface area (Å²) in [5.41, 5.74) is -0.387. The first-order valence-corrected chi connectivity index (χ1v) is 9.50. The Balaban J connectivity index is 1.59. The molecule has 2 aromatic rings. The minimum atomic E-state index is -3.00. The number of carbonyl (C=O) groups excluding carboxylic acids is 4. The molecule has 1 atom stereocenters. The highest BCUT2D eigenvalue weighted by Crippen LogP contribution is 2.30. The zero-order valence-electron chi connectivity index (χ0n) is 16.9. The SMILES string of the molecule is CC1(c2ccc(OC(F)F)cc2)NC(=O)N(CC(=O)NC(=O)NCc2ccccc2)C1=O. The van der Waals surface area contributed by atoms with Crippen LogP contribution in [0, 0.1) is 0 Å². The molecular formula is C21H20F2N4O5. The lowest BCUT2D eigenvalue weighted by molar-refractivity contribution is -0.134. The number of halogens is 2. The van der Waals surface area contributed by atoms with E-state index in [0.29, 0.717) is 10.5 Å². The third kappa shape index (κ3) is 5.17. The Kier molecular flexibility index (Phi) is 6.67. The van der Waals surface area contributed by atoms with Crippen molar-refractivity contribution in [2.75, 3.05) is 6.54 Å². The van der Waals surface area contributed by atoms with Crippen molar-refractivity contribution in [1.29, 1.82) is 0 Å². The molecule has 3 rings (SSSR count). The average Bonchev–Trinajstić information content (AvgIpc) is 2.97. The molecular weight excluding hydrogens is 426 g/mol. The van der Waals surface area contributed by atoms with Gasteiger partial charge in [0.1, 0.15) is 17.8 Å². The molecule has 168 valence electrons. The summed E-state index contributed by atoms with van der Waals surface area (Å²) in [7, 11) is 0. The molecule has 0 saturated carbocycles. The first kappa shape index (κ1) is 22.7. The minimum Gasteiger partial charge on any atom is -0.435 e. The summed E-state index contributed by atoms with van der Waals surface area (Å²) in [4.78, 5) is 49.9. The van der Waals surface area contributed by atoms with Crippen LogP contribution in [0.5, 0.6) is 5.75 Å². The molecule has 0 radical (unpaired) electrons. The summed E-state index contributed by atoms with van der Waals surface area (Å²) in [5.74, 6) is -1.70. The van der Waals surface area contributed by atoms with E-state index in [1.165, 1.54) is 31.2 Å². The van der Waals surface area contributed by atoms with Crippen LogP contribution in [0.25, 0.3) is 0 Å². The molecule has 0 spiro atoms. The Bertz CT molecular complexity index is 1020. The lowest BCUT2D eigenvalue weighted by Gasteiger charge is -2.22. The fourth-order valence-electron chi connectivity index (χ4n) is 3.14. The highest BCUT2D eigenvalue weighted by Gasteiger charge is 2.49. The van der Waals surface area contributed by atoms with Crippen LogP contribution in [0.1, 0.15) is 18.1 Å². The second-order valence-corrected chi connectivity index (χ2v) is 7.07. The predicted octanol–water partition coefficient (Wildman–Crippen LogP) is 2.08. The van der Waals surface area contributed by atoms with Crippen molar-refractivity contribution in [2.24, 2.45) is 0 Å². The maximum absolute atomic E-state index is 12.8. The normalized spacial score (nSPS) is 17.8. The molecule has 3 N–H and O–H groups in total. The number of alkyl halides is 2. The molecule has 1 fully saturated rings. The van der Waals surface area contributed by atoms with Gasteiger partial charge >= 0.3 is 18.7 Å². The highest BCUT2D eigenvalue weighted by atomic mass is 19.3. The van der Waals surface area contributed by atoms with Crippen molar-refractivity contribution in [3.8, 4) is 5.75 Å². The van der Waals surface area contributed by atoms with E-state index in [2.05, 4.69) is 20.7 Å². The molecule has 32 heavy (non-hydrogen) atoms. The summed E-state index contributed by atoms with van der Waals surface area (Å²) in [5, 5.41) is 7.04. The third-order valence-corrected chi connectivity index (χ3v) is 4.78. The van der Waals surface area contributed by atoms with E-state index in [0.717, 1.165) is 5.56 Å². The van der Waals surface area contributed by atoms with Crippen LogP contribution in [-0.4, -0.2) is 41.9 Å². The molecule has 1 saturated heterocycles. The van der Waals surface area contributed by atoms with Gasteiger partial charge in [-0.05, 0) is 30.2 Å². The number of hydrogen-bond donors (Lipinski definition) is 3. The number of rotatable bonds is 7. The Labute approximate surface area is 181 Å². The number of carbonyl (C=O) groups is 4. The predicted molar refractivity (Wildman–Crippen MR) is 107 cm³/mol. The van der Waals surface area contributed by atoms with Crippen LogP contribution in [0.4, 0.5) is 18.4 Å². The van der Waals surface area contributed by atoms with Gasteiger partial charge in [-0.2, -0.15) is 8.78 Å².